The first-order chi connectivity index (χ1) is 14.5. The average molecular weight is 407 g/mol. The second kappa shape index (κ2) is 8.18. The Bertz CT molecular complexity index is 973. The van der Waals surface area contributed by atoms with Gasteiger partial charge < -0.3 is 15.4 Å². The summed E-state index contributed by atoms with van der Waals surface area (Å²) in [6.07, 6.45) is 2.88. The number of aryl methyl sites for hydroxylation is 1. The number of imide groups is 1. The van der Waals surface area contributed by atoms with E-state index in [-0.39, 0.29) is 18.4 Å². The number of rotatable bonds is 6. The minimum absolute atomic E-state index is 0.281. The fourth-order valence-electron chi connectivity index (χ4n) is 4.29. The molecule has 1 unspecified atom stereocenters. The standard InChI is InChI=1S/C23H25N3O4/c1-30-18-10-8-16(9-11-18)12-14-24-20(27)15-26-21(28)23(25-22(26)29)13-4-6-17-5-2-3-7-19(17)23/h2-3,5,7-11H,4,6,12-15H2,1H3,(H,24,27)(H,25,29). The SMILES string of the molecule is COc1ccc(CCNC(=O)CN2C(=O)NC3(CCCc4ccccc43)C2=O)cc1. The predicted molar refractivity (Wildman–Crippen MR) is 111 cm³/mol. The number of fused-ring (bicyclic) bond motifs is 2. The molecule has 0 aromatic heterocycles. The number of nitrogens with zero attached hydrogens (tertiary/aromatic N) is 1. The predicted octanol–water partition coefficient (Wildman–Crippen LogP) is 2.14. The molecule has 1 atom stereocenters. The first-order valence-electron chi connectivity index (χ1n) is 10.2. The number of methoxy groups -OCH3 is 1. The van der Waals surface area contributed by atoms with Crippen LogP contribution in [0.3, 0.4) is 0 Å². The van der Waals surface area contributed by atoms with E-state index < -0.39 is 11.6 Å². The summed E-state index contributed by atoms with van der Waals surface area (Å²) in [5, 5.41) is 5.66. The van der Waals surface area contributed by atoms with E-state index >= 15 is 0 Å². The second-order valence-corrected chi connectivity index (χ2v) is 7.69. The number of carbonyl (C=O) groups is 3. The quantitative estimate of drug-likeness (QED) is 0.719. The number of benzene rings is 2. The van der Waals surface area contributed by atoms with Gasteiger partial charge in [-0.1, -0.05) is 36.4 Å². The average Bonchev–Trinajstić information content (AvgIpc) is 2.99. The highest BCUT2D eigenvalue weighted by atomic mass is 16.5. The van der Waals surface area contributed by atoms with Crippen molar-refractivity contribution in [2.45, 2.75) is 31.2 Å². The third-order valence-corrected chi connectivity index (χ3v) is 5.85. The molecule has 156 valence electrons. The number of ether oxygens (including phenoxy) is 1. The maximum Gasteiger partial charge on any atom is 0.325 e. The third-order valence-electron chi connectivity index (χ3n) is 5.85. The Morgan fingerprint density at radius 1 is 1.17 bits per heavy atom. The molecule has 0 bridgehead atoms. The lowest BCUT2D eigenvalue weighted by Gasteiger charge is -2.33. The zero-order valence-corrected chi connectivity index (χ0v) is 16.9. The second-order valence-electron chi connectivity index (χ2n) is 7.69. The lowest BCUT2D eigenvalue weighted by atomic mass is 9.76. The van der Waals surface area contributed by atoms with E-state index in [1.165, 1.54) is 0 Å². The molecule has 1 aliphatic carbocycles. The molecule has 1 saturated heterocycles. The van der Waals surface area contributed by atoms with Gasteiger partial charge in [0, 0.05) is 6.54 Å². The maximum atomic E-state index is 13.2. The van der Waals surface area contributed by atoms with E-state index in [1.807, 2.05) is 48.5 Å². The molecule has 0 radical (unpaired) electrons. The van der Waals surface area contributed by atoms with Crippen LogP contribution in [-0.2, 0) is 28.0 Å². The van der Waals surface area contributed by atoms with Crippen molar-refractivity contribution in [1.29, 1.82) is 0 Å². The van der Waals surface area contributed by atoms with E-state index in [0.29, 0.717) is 19.4 Å². The van der Waals surface area contributed by atoms with Crippen LogP contribution in [0.25, 0.3) is 0 Å². The molecule has 30 heavy (non-hydrogen) atoms. The van der Waals surface area contributed by atoms with Gasteiger partial charge in [-0.15, -0.1) is 0 Å². The van der Waals surface area contributed by atoms with E-state index in [4.69, 9.17) is 4.74 Å². The molecule has 4 rings (SSSR count). The van der Waals surface area contributed by atoms with Gasteiger partial charge in [0.25, 0.3) is 5.91 Å². The number of hydrogen-bond acceptors (Lipinski definition) is 4. The Kier molecular flexibility index (Phi) is 5.44. The summed E-state index contributed by atoms with van der Waals surface area (Å²) in [5.41, 5.74) is 1.93. The van der Waals surface area contributed by atoms with Gasteiger partial charge in [-0.05, 0) is 54.5 Å². The molecule has 7 nitrogen and oxygen atoms in total. The summed E-state index contributed by atoms with van der Waals surface area (Å²) < 4.78 is 5.13. The third kappa shape index (κ3) is 3.63. The number of carbonyl (C=O) groups excluding carboxylic acids is 3. The minimum Gasteiger partial charge on any atom is -0.497 e. The highest BCUT2D eigenvalue weighted by Gasteiger charge is 2.54. The molecule has 2 aromatic carbocycles. The maximum absolute atomic E-state index is 13.2. The fraction of sp³-hybridized carbons (Fsp3) is 0.348. The summed E-state index contributed by atoms with van der Waals surface area (Å²) in [6.45, 7) is 0.139. The molecular weight excluding hydrogens is 382 g/mol. The fourth-order valence-corrected chi connectivity index (χ4v) is 4.29. The summed E-state index contributed by atoms with van der Waals surface area (Å²) >= 11 is 0. The summed E-state index contributed by atoms with van der Waals surface area (Å²) in [7, 11) is 1.61. The molecule has 0 saturated carbocycles. The van der Waals surface area contributed by atoms with Gasteiger partial charge >= 0.3 is 6.03 Å². The van der Waals surface area contributed by atoms with Crippen LogP contribution in [0.2, 0.25) is 0 Å². The smallest absolute Gasteiger partial charge is 0.325 e. The van der Waals surface area contributed by atoms with Crippen LogP contribution < -0.4 is 15.4 Å². The van der Waals surface area contributed by atoms with E-state index in [2.05, 4.69) is 10.6 Å². The van der Waals surface area contributed by atoms with E-state index in [1.54, 1.807) is 7.11 Å². The molecular formula is C23H25N3O4. The minimum atomic E-state index is -1.05. The van der Waals surface area contributed by atoms with Crippen molar-refractivity contribution in [3.63, 3.8) is 0 Å². The van der Waals surface area contributed by atoms with Gasteiger partial charge in [-0.3, -0.25) is 14.5 Å². The van der Waals surface area contributed by atoms with E-state index in [0.717, 1.165) is 40.2 Å². The number of nitrogens with one attached hydrogen (secondary N) is 2. The highest BCUT2D eigenvalue weighted by Crippen LogP contribution is 2.39. The van der Waals surface area contributed by atoms with Crippen LogP contribution in [0.15, 0.2) is 48.5 Å². The lowest BCUT2D eigenvalue weighted by molar-refractivity contribution is -0.135. The molecule has 1 heterocycles. The van der Waals surface area contributed by atoms with Gasteiger partial charge in [0.1, 0.15) is 17.8 Å². The molecule has 2 N–H and O–H groups in total. The molecule has 2 aliphatic rings. The van der Waals surface area contributed by atoms with Crippen molar-refractivity contribution in [2.75, 3.05) is 20.2 Å². The van der Waals surface area contributed by atoms with Crippen LogP contribution in [0.5, 0.6) is 5.75 Å². The van der Waals surface area contributed by atoms with Crippen molar-refractivity contribution in [1.82, 2.24) is 15.5 Å². The summed E-state index contributed by atoms with van der Waals surface area (Å²) in [6, 6.07) is 14.8. The molecule has 7 heteroatoms. The first kappa shape index (κ1) is 19.9. The normalized spacial score (nSPS) is 20.1. The molecule has 4 amide bonds. The molecule has 1 aliphatic heterocycles. The van der Waals surface area contributed by atoms with Crippen molar-refractivity contribution >= 4 is 17.8 Å². The lowest BCUT2D eigenvalue weighted by Crippen LogP contribution is -2.47. The Labute approximate surface area is 175 Å². The van der Waals surface area contributed by atoms with Crippen molar-refractivity contribution in [2.24, 2.45) is 0 Å². The van der Waals surface area contributed by atoms with Gasteiger partial charge in [-0.25, -0.2) is 4.79 Å². The summed E-state index contributed by atoms with van der Waals surface area (Å²) in [4.78, 5) is 39.2. The molecule has 1 spiro atoms. The van der Waals surface area contributed by atoms with Crippen molar-refractivity contribution < 1.29 is 19.1 Å². The number of amides is 4. The largest absolute Gasteiger partial charge is 0.497 e. The van der Waals surface area contributed by atoms with Crippen LogP contribution >= 0.6 is 0 Å². The summed E-state index contributed by atoms with van der Waals surface area (Å²) in [5.74, 6) is 0.0812. The van der Waals surface area contributed by atoms with Crippen LogP contribution in [-0.4, -0.2) is 42.9 Å². The van der Waals surface area contributed by atoms with Crippen LogP contribution in [0, 0.1) is 0 Å². The zero-order chi connectivity index (χ0) is 21.1. The van der Waals surface area contributed by atoms with Gasteiger partial charge in [0.05, 0.1) is 7.11 Å². The highest BCUT2D eigenvalue weighted by molar-refractivity contribution is 6.09. The van der Waals surface area contributed by atoms with Crippen molar-refractivity contribution in [3.05, 3.63) is 65.2 Å². The van der Waals surface area contributed by atoms with Gasteiger partial charge in [0.2, 0.25) is 5.91 Å². The van der Waals surface area contributed by atoms with Crippen LogP contribution in [0.4, 0.5) is 4.79 Å². The monoisotopic (exact) mass is 407 g/mol. The van der Waals surface area contributed by atoms with Gasteiger partial charge in [0.15, 0.2) is 0 Å². The van der Waals surface area contributed by atoms with Gasteiger partial charge in [-0.2, -0.15) is 0 Å². The van der Waals surface area contributed by atoms with Crippen molar-refractivity contribution in [3.8, 4) is 5.75 Å². The Hall–Kier alpha value is -3.35. The zero-order valence-electron chi connectivity index (χ0n) is 16.9. The first-order valence-corrected chi connectivity index (χ1v) is 10.2. The Balaban J connectivity index is 1.37. The Morgan fingerprint density at radius 3 is 2.70 bits per heavy atom. The Morgan fingerprint density at radius 2 is 1.93 bits per heavy atom. The number of urea groups is 1. The van der Waals surface area contributed by atoms with Crippen LogP contribution in [0.1, 0.15) is 29.5 Å². The molecule has 2 aromatic rings. The number of hydrogen-bond donors (Lipinski definition) is 2. The van der Waals surface area contributed by atoms with E-state index in [9.17, 15) is 14.4 Å². The molecule has 1 fully saturated rings. The topological polar surface area (TPSA) is 87.7 Å².